The van der Waals surface area contributed by atoms with Crippen molar-refractivity contribution in [3.8, 4) is 0 Å². The minimum Gasteiger partial charge on any atom is -0.374 e. The Labute approximate surface area is 125 Å². The van der Waals surface area contributed by atoms with Gasteiger partial charge in [-0.3, -0.25) is 9.69 Å². The number of hydrogen-bond donors (Lipinski definition) is 2. The van der Waals surface area contributed by atoms with Crippen molar-refractivity contribution in [3.63, 3.8) is 0 Å². The lowest BCUT2D eigenvalue weighted by molar-refractivity contribution is -0.125. The Balaban J connectivity index is 1.73. The first kappa shape index (κ1) is 14.5. The number of ether oxygens (including phenoxy) is 1. The molecule has 21 heavy (non-hydrogen) atoms. The number of carbonyl (C=O) groups is 1. The third-order valence-corrected chi connectivity index (χ3v) is 4.42. The highest BCUT2D eigenvalue weighted by atomic mass is 16.5. The molecule has 2 aliphatic rings. The Bertz CT molecular complexity index is 518. The molecular weight excluding hydrogens is 266 g/mol. The Morgan fingerprint density at radius 1 is 1.43 bits per heavy atom. The van der Waals surface area contributed by atoms with Gasteiger partial charge in [0.05, 0.1) is 18.8 Å². The van der Waals surface area contributed by atoms with Crippen molar-refractivity contribution in [3.05, 3.63) is 29.8 Å². The fraction of sp³-hybridized carbons (Fsp3) is 0.562. The van der Waals surface area contributed by atoms with Crippen molar-refractivity contribution in [2.24, 2.45) is 5.73 Å². The van der Waals surface area contributed by atoms with Crippen molar-refractivity contribution >= 4 is 11.6 Å². The first-order chi connectivity index (χ1) is 10.1. The molecule has 5 heteroatoms. The average Bonchev–Trinajstić information content (AvgIpc) is 2.65. The Morgan fingerprint density at radius 2 is 2.24 bits per heavy atom. The molecular formula is C16H23N3O2. The van der Waals surface area contributed by atoms with Crippen molar-refractivity contribution in [2.45, 2.75) is 38.0 Å². The van der Waals surface area contributed by atoms with Crippen LogP contribution in [0.4, 0.5) is 5.69 Å². The van der Waals surface area contributed by atoms with E-state index in [0.29, 0.717) is 6.61 Å². The minimum absolute atomic E-state index is 0.0113. The van der Waals surface area contributed by atoms with Gasteiger partial charge in [-0.15, -0.1) is 0 Å². The average molecular weight is 289 g/mol. The number of carbonyl (C=O) groups excluding carboxylic acids is 1. The van der Waals surface area contributed by atoms with E-state index in [9.17, 15) is 4.79 Å². The number of nitrogens with two attached hydrogens (primary N) is 1. The zero-order valence-corrected chi connectivity index (χ0v) is 12.4. The van der Waals surface area contributed by atoms with E-state index in [1.807, 2.05) is 25.1 Å². The lowest BCUT2D eigenvalue weighted by atomic mass is 10.0. The SMILES string of the molecule is CC(N)C1CN(C2CCc3ccccc3NC2=O)CCO1. The number of amides is 1. The largest absolute Gasteiger partial charge is 0.374 e. The van der Waals surface area contributed by atoms with Crippen LogP contribution in [0.5, 0.6) is 0 Å². The predicted molar refractivity (Wildman–Crippen MR) is 82.1 cm³/mol. The molecule has 0 aromatic heterocycles. The fourth-order valence-corrected chi connectivity index (χ4v) is 3.15. The number of para-hydroxylation sites is 1. The maximum atomic E-state index is 12.5. The van der Waals surface area contributed by atoms with Crippen LogP contribution < -0.4 is 11.1 Å². The number of anilines is 1. The highest BCUT2D eigenvalue weighted by Gasteiger charge is 2.33. The third-order valence-electron chi connectivity index (χ3n) is 4.42. The lowest BCUT2D eigenvalue weighted by Gasteiger charge is -2.38. The van der Waals surface area contributed by atoms with Crippen molar-refractivity contribution in [1.29, 1.82) is 0 Å². The van der Waals surface area contributed by atoms with Gasteiger partial charge in [0.25, 0.3) is 0 Å². The molecule has 1 fully saturated rings. The molecule has 3 N–H and O–H groups in total. The number of morpholine rings is 1. The van der Waals surface area contributed by atoms with E-state index in [2.05, 4.69) is 16.3 Å². The summed E-state index contributed by atoms with van der Waals surface area (Å²) in [6.45, 7) is 4.11. The normalized spacial score (nSPS) is 28.4. The molecule has 0 aliphatic carbocycles. The summed E-state index contributed by atoms with van der Waals surface area (Å²) in [4.78, 5) is 14.7. The lowest BCUT2D eigenvalue weighted by Crippen LogP contribution is -2.55. The van der Waals surface area contributed by atoms with Crippen LogP contribution in [-0.4, -0.2) is 48.7 Å². The highest BCUT2D eigenvalue weighted by Crippen LogP contribution is 2.24. The molecule has 1 saturated heterocycles. The van der Waals surface area contributed by atoms with Gasteiger partial charge in [-0.1, -0.05) is 18.2 Å². The highest BCUT2D eigenvalue weighted by molar-refractivity contribution is 5.96. The molecule has 5 nitrogen and oxygen atoms in total. The number of benzene rings is 1. The van der Waals surface area contributed by atoms with E-state index in [4.69, 9.17) is 10.5 Å². The number of fused-ring (bicyclic) bond motifs is 1. The molecule has 0 spiro atoms. The third kappa shape index (κ3) is 3.10. The Morgan fingerprint density at radius 3 is 3.05 bits per heavy atom. The fourth-order valence-electron chi connectivity index (χ4n) is 3.15. The van der Waals surface area contributed by atoms with Crippen LogP contribution in [0, 0.1) is 0 Å². The molecule has 3 atom stereocenters. The summed E-state index contributed by atoms with van der Waals surface area (Å²) in [5.41, 5.74) is 8.10. The molecule has 2 heterocycles. The van der Waals surface area contributed by atoms with Crippen LogP contribution in [0.1, 0.15) is 18.9 Å². The first-order valence-electron chi connectivity index (χ1n) is 7.65. The molecule has 2 aliphatic heterocycles. The maximum absolute atomic E-state index is 12.5. The van der Waals surface area contributed by atoms with Gasteiger partial charge in [0.1, 0.15) is 0 Å². The summed E-state index contributed by atoms with van der Waals surface area (Å²) in [6.07, 6.45) is 1.77. The molecule has 1 aromatic carbocycles. The van der Waals surface area contributed by atoms with E-state index in [-0.39, 0.29) is 24.1 Å². The van der Waals surface area contributed by atoms with Gasteiger partial charge in [0.15, 0.2) is 0 Å². The second-order valence-electron chi connectivity index (χ2n) is 5.96. The van der Waals surface area contributed by atoms with Crippen molar-refractivity contribution in [1.82, 2.24) is 4.90 Å². The second-order valence-corrected chi connectivity index (χ2v) is 5.96. The predicted octanol–water partition coefficient (Wildman–Crippen LogP) is 0.988. The number of rotatable bonds is 2. The zero-order valence-electron chi connectivity index (χ0n) is 12.4. The molecule has 0 saturated carbocycles. The van der Waals surface area contributed by atoms with Crippen LogP contribution in [0.15, 0.2) is 24.3 Å². The molecule has 0 bridgehead atoms. The van der Waals surface area contributed by atoms with E-state index >= 15 is 0 Å². The Kier molecular flexibility index (Phi) is 4.24. The molecule has 114 valence electrons. The molecule has 0 radical (unpaired) electrons. The van der Waals surface area contributed by atoms with Gasteiger partial charge in [-0.05, 0) is 31.4 Å². The summed E-state index contributed by atoms with van der Waals surface area (Å²) < 4.78 is 5.69. The summed E-state index contributed by atoms with van der Waals surface area (Å²) in [5.74, 6) is 0.0882. The van der Waals surface area contributed by atoms with Gasteiger partial charge in [0, 0.05) is 24.8 Å². The molecule has 3 unspecified atom stereocenters. The smallest absolute Gasteiger partial charge is 0.241 e. The van der Waals surface area contributed by atoms with Gasteiger partial charge in [-0.2, -0.15) is 0 Å². The summed E-state index contributed by atoms with van der Waals surface area (Å²) >= 11 is 0. The Hall–Kier alpha value is -1.43. The van der Waals surface area contributed by atoms with Crippen LogP contribution in [-0.2, 0) is 16.0 Å². The summed E-state index contributed by atoms with van der Waals surface area (Å²) in [5, 5.41) is 3.06. The van der Waals surface area contributed by atoms with Gasteiger partial charge in [0.2, 0.25) is 5.91 Å². The number of nitrogens with one attached hydrogen (secondary N) is 1. The number of hydrogen-bond acceptors (Lipinski definition) is 4. The van der Waals surface area contributed by atoms with Gasteiger partial charge in [-0.25, -0.2) is 0 Å². The van der Waals surface area contributed by atoms with Crippen LogP contribution in [0.25, 0.3) is 0 Å². The van der Waals surface area contributed by atoms with Crippen LogP contribution >= 0.6 is 0 Å². The van der Waals surface area contributed by atoms with E-state index in [1.54, 1.807) is 0 Å². The maximum Gasteiger partial charge on any atom is 0.241 e. The molecule has 1 amide bonds. The minimum atomic E-state index is -0.0949. The first-order valence-corrected chi connectivity index (χ1v) is 7.65. The van der Waals surface area contributed by atoms with E-state index < -0.39 is 0 Å². The molecule has 3 rings (SSSR count). The summed E-state index contributed by atoms with van der Waals surface area (Å²) in [7, 11) is 0. The van der Waals surface area contributed by atoms with Crippen LogP contribution in [0.2, 0.25) is 0 Å². The standard InChI is InChI=1S/C16H23N3O2/c1-11(17)15-10-19(8-9-21-15)14-7-6-12-4-2-3-5-13(12)18-16(14)20/h2-5,11,14-15H,6-10,17H2,1H3,(H,18,20). The van der Waals surface area contributed by atoms with Gasteiger partial charge >= 0.3 is 0 Å². The monoisotopic (exact) mass is 289 g/mol. The van der Waals surface area contributed by atoms with Crippen LogP contribution in [0.3, 0.4) is 0 Å². The van der Waals surface area contributed by atoms with Crippen molar-refractivity contribution < 1.29 is 9.53 Å². The zero-order chi connectivity index (χ0) is 14.8. The van der Waals surface area contributed by atoms with Crippen molar-refractivity contribution in [2.75, 3.05) is 25.0 Å². The number of nitrogens with zero attached hydrogens (tertiary/aromatic N) is 1. The van der Waals surface area contributed by atoms with E-state index in [1.165, 1.54) is 5.56 Å². The summed E-state index contributed by atoms with van der Waals surface area (Å²) in [6, 6.07) is 7.93. The second kappa shape index (κ2) is 6.13. The van der Waals surface area contributed by atoms with Gasteiger partial charge < -0.3 is 15.8 Å². The van der Waals surface area contributed by atoms with E-state index in [0.717, 1.165) is 31.6 Å². The molecule has 1 aromatic rings. The topological polar surface area (TPSA) is 67.6 Å². The quantitative estimate of drug-likeness (QED) is 0.852. The number of aryl methyl sites for hydroxylation is 1.